The van der Waals surface area contributed by atoms with Crippen molar-refractivity contribution in [3.05, 3.63) is 40.9 Å². The van der Waals surface area contributed by atoms with Gasteiger partial charge in [-0.25, -0.2) is 13.4 Å². The highest BCUT2D eigenvalue weighted by Gasteiger charge is 2.37. The molecule has 6 rings (SSSR count). The first-order chi connectivity index (χ1) is 19.4. The molecule has 0 spiro atoms. The number of aromatic nitrogens is 1. The van der Waals surface area contributed by atoms with Gasteiger partial charge in [0.25, 0.3) is 5.91 Å². The number of anilines is 1. The minimum atomic E-state index is -3.34. The Balaban J connectivity index is 1.10. The molecule has 0 radical (unpaired) electrons. The Morgan fingerprint density at radius 1 is 1.07 bits per heavy atom. The van der Waals surface area contributed by atoms with E-state index in [9.17, 15) is 18.0 Å². The normalized spacial score (nSPS) is 22.4. The lowest BCUT2D eigenvalue weighted by molar-refractivity contribution is -0.134. The van der Waals surface area contributed by atoms with Crippen molar-refractivity contribution >= 4 is 43.8 Å². The zero-order chi connectivity index (χ0) is 27.7. The van der Waals surface area contributed by atoms with Gasteiger partial charge in [0.2, 0.25) is 5.91 Å². The van der Waals surface area contributed by atoms with Crippen LogP contribution >= 0.6 is 11.3 Å². The second-order valence-corrected chi connectivity index (χ2v) is 14.1. The Morgan fingerprint density at radius 3 is 2.48 bits per heavy atom. The molecule has 1 aromatic carbocycles. The van der Waals surface area contributed by atoms with Gasteiger partial charge in [0.05, 0.1) is 23.4 Å². The van der Waals surface area contributed by atoms with Crippen molar-refractivity contribution in [1.29, 1.82) is 0 Å². The number of amides is 2. The molecule has 2 saturated carbocycles. The van der Waals surface area contributed by atoms with Gasteiger partial charge in [-0.2, -0.15) is 0 Å². The number of ether oxygens (including phenoxy) is 1. The first kappa shape index (κ1) is 27.3. The van der Waals surface area contributed by atoms with Crippen LogP contribution in [0.25, 0.3) is 0 Å². The third-order valence-corrected chi connectivity index (χ3v) is 10.8. The second-order valence-electron chi connectivity index (χ2n) is 10.8. The Hall–Kier alpha value is -2.87. The number of carbonyl (C=O) groups excluding carboxylic acids is 2. The van der Waals surface area contributed by atoms with Crippen LogP contribution in [-0.4, -0.2) is 91.5 Å². The number of oxime groups is 1. The largest absolute Gasteiger partial charge is 0.389 e. The Labute approximate surface area is 237 Å². The predicted molar refractivity (Wildman–Crippen MR) is 149 cm³/mol. The summed E-state index contributed by atoms with van der Waals surface area (Å²) in [5.41, 5.74) is 0.483. The molecule has 11 nitrogen and oxygen atoms in total. The zero-order valence-electron chi connectivity index (χ0n) is 22.2. The van der Waals surface area contributed by atoms with E-state index in [2.05, 4.69) is 20.4 Å². The summed E-state index contributed by atoms with van der Waals surface area (Å²) in [6, 6.07) is 6.21. The van der Waals surface area contributed by atoms with Gasteiger partial charge in [0.15, 0.2) is 26.8 Å². The van der Waals surface area contributed by atoms with E-state index < -0.39 is 15.7 Å². The third kappa shape index (κ3) is 6.37. The van der Waals surface area contributed by atoms with E-state index in [-0.39, 0.29) is 27.9 Å². The number of rotatable bonds is 10. The number of piperazine rings is 1. The lowest BCUT2D eigenvalue weighted by Gasteiger charge is -2.34. The molecule has 2 aliphatic heterocycles. The van der Waals surface area contributed by atoms with Gasteiger partial charge in [-0.15, -0.1) is 11.3 Å². The number of carbonyl (C=O) groups is 2. The fourth-order valence-corrected chi connectivity index (χ4v) is 7.36. The Kier molecular flexibility index (Phi) is 7.89. The number of hydrogen-bond acceptors (Lipinski definition) is 10. The molecule has 4 aliphatic rings. The molecular weight excluding hydrogens is 554 g/mol. The summed E-state index contributed by atoms with van der Waals surface area (Å²) < 4.78 is 30.5. The lowest BCUT2D eigenvalue weighted by Crippen LogP contribution is -2.48. The van der Waals surface area contributed by atoms with E-state index in [1.54, 1.807) is 18.3 Å². The van der Waals surface area contributed by atoms with Crippen molar-refractivity contribution in [1.82, 2.24) is 14.8 Å². The number of nitrogens with zero attached hydrogens (tertiary/aromatic N) is 4. The van der Waals surface area contributed by atoms with Gasteiger partial charge in [0, 0.05) is 61.7 Å². The molecule has 1 N–H and O–H groups in total. The Bertz CT molecular complexity index is 1370. The summed E-state index contributed by atoms with van der Waals surface area (Å²) >= 11 is 1.39. The molecule has 0 unspecified atom stereocenters. The highest BCUT2D eigenvalue weighted by molar-refractivity contribution is 7.92. The smallest absolute Gasteiger partial charge is 0.280 e. The topological polar surface area (TPSA) is 130 Å². The molecule has 3 heterocycles. The van der Waals surface area contributed by atoms with Crippen LogP contribution in [0, 0.1) is 5.92 Å². The lowest BCUT2D eigenvalue weighted by atomic mass is 10.1. The summed E-state index contributed by atoms with van der Waals surface area (Å²) in [4.78, 5) is 41.1. The molecule has 0 bridgehead atoms. The fourth-order valence-electron chi connectivity index (χ4n) is 4.85. The number of hydrogen-bond donors (Lipinski definition) is 1. The van der Waals surface area contributed by atoms with Crippen LogP contribution in [0.15, 0.2) is 40.5 Å². The quantitative estimate of drug-likeness (QED) is 0.331. The summed E-state index contributed by atoms with van der Waals surface area (Å²) in [6.45, 7) is 4.77. The van der Waals surface area contributed by atoms with Gasteiger partial charge >= 0.3 is 0 Å². The van der Waals surface area contributed by atoms with Crippen LogP contribution in [-0.2, 0) is 35.5 Å². The van der Waals surface area contributed by atoms with Crippen LogP contribution < -0.4 is 5.32 Å². The van der Waals surface area contributed by atoms with Gasteiger partial charge in [-0.3, -0.25) is 19.8 Å². The van der Waals surface area contributed by atoms with Crippen LogP contribution in [0.1, 0.15) is 42.5 Å². The second kappa shape index (κ2) is 11.6. The van der Waals surface area contributed by atoms with Crippen molar-refractivity contribution in [3.8, 4) is 0 Å². The molecule has 2 saturated heterocycles. The molecular formula is C27H33N5O6S2. The van der Waals surface area contributed by atoms with Crippen molar-refractivity contribution < 1.29 is 27.6 Å². The minimum absolute atomic E-state index is 0.0375. The zero-order valence-corrected chi connectivity index (χ0v) is 23.8. The molecule has 1 aromatic heterocycles. The van der Waals surface area contributed by atoms with E-state index in [1.165, 1.54) is 23.5 Å². The minimum Gasteiger partial charge on any atom is -0.389 e. The number of sulfone groups is 1. The van der Waals surface area contributed by atoms with E-state index in [0.717, 1.165) is 43.9 Å². The van der Waals surface area contributed by atoms with E-state index in [0.29, 0.717) is 55.6 Å². The highest BCUT2D eigenvalue weighted by Crippen LogP contribution is 2.34. The van der Waals surface area contributed by atoms with Gasteiger partial charge in [-0.1, -0.05) is 17.3 Å². The maximum atomic E-state index is 13.3. The first-order valence-corrected chi connectivity index (χ1v) is 16.2. The summed E-state index contributed by atoms with van der Waals surface area (Å²) in [6.07, 6.45) is 5.60. The van der Waals surface area contributed by atoms with Crippen LogP contribution in [0.5, 0.6) is 0 Å². The van der Waals surface area contributed by atoms with Crippen LogP contribution in [0.3, 0.4) is 0 Å². The summed E-state index contributed by atoms with van der Waals surface area (Å²) in [7, 11) is -3.34. The molecule has 2 aromatic rings. The van der Waals surface area contributed by atoms with E-state index >= 15 is 0 Å². The molecule has 214 valence electrons. The highest BCUT2D eigenvalue weighted by atomic mass is 32.2. The van der Waals surface area contributed by atoms with Crippen molar-refractivity contribution in [2.45, 2.75) is 54.9 Å². The molecule has 2 amide bonds. The van der Waals surface area contributed by atoms with Gasteiger partial charge < -0.3 is 14.5 Å². The first-order valence-electron chi connectivity index (χ1n) is 13.8. The van der Waals surface area contributed by atoms with Crippen molar-refractivity contribution in [3.63, 3.8) is 0 Å². The monoisotopic (exact) mass is 587 g/mol. The number of benzene rings is 1. The maximum Gasteiger partial charge on any atom is 0.280 e. The van der Waals surface area contributed by atoms with Crippen LogP contribution in [0.2, 0.25) is 0 Å². The van der Waals surface area contributed by atoms with Crippen molar-refractivity contribution in [2.24, 2.45) is 11.1 Å². The van der Waals surface area contributed by atoms with Crippen molar-refractivity contribution in [2.75, 3.05) is 44.7 Å². The molecule has 40 heavy (non-hydrogen) atoms. The molecule has 13 heteroatoms. The van der Waals surface area contributed by atoms with Gasteiger partial charge in [-0.05, 0) is 37.8 Å². The average Bonchev–Trinajstić information content (AvgIpc) is 3.89. The maximum absolute atomic E-state index is 13.3. The molecule has 2 aliphatic carbocycles. The third-order valence-electron chi connectivity index (χ3n) is 7.58. The van der Waals surface area contributed by atoms with Crippen LogP contribution in [0.4, 0.5) is 5.13 Å². The summed E-state index contributed by atoms with van der Waals surface area (Å²) in [5.74, 6) is 0.0478. The fraction of sp³-hybridized carbons (Fsp3) is 0.556. The molecule has 4 fully saturated rings. The average molecular weight is 588 g/mol. The predicted octanol–water partition coefficient (Wildman–Crippen LogP) is 2.28. The standard InChI is InChI=1S/C27H33N5O6S2/c33-25(29-27-28-15-21(39-27)16-31-10-12-32(13-11-31)26(34)19-1-2-19)24(30-38-20-9-14-37-17-20)18-3-5-22(6-4-18)40(35,36)23-7-8-23/h3-6,15,19-20,23H,1-2,7-14,16-17H2,(H,28,29,33)/b30-24+/t20-/m1/s1. The summed E-state index contributed by atoms with van der Waals surface area (Å²) in [5, 5.41) is 7.11. The van der Waals surface area contributed by atoms with E-state index in [4.69, 9.17) is 9.57 Å². The Morgan fingerprint density at radius 2 is 1.82 bits per heavy atom. The van der Waals surface area contributed by atoms with E-state index in [1.807, 2.05) is 4.90 Å². The molecule has 1 atom stereocenters. The number of thiazole rings is 1. The van der Waals surface area contributed by atoms with Gasteiger partial charge in [0.1, 0.15) is 0 Å². The SMILES string of the molecule is O=C(Nc1ncc(CN2CCN(C(=O)C3CC3)CC2)s1)/C(=N/O[C@@H]1CCOC1)c1ccc(S(=O)(=O)C2CC2)cc1. The number of nitrogens with one attached hydrogen (secondary N) is 1.